The molecule has 1 heteroatoms. The Labute approximate surface area is 70.2 Å². The lowest BCUT2D eigenvalue weighted by atomic mass is 9.93. The molecule has 0 spiro atoms. The molecule has 0 aliphatic heterocycles. The molecule has 0 saturated carbocycles. The molecule has 0 aromatic heterocycles. The molecule has 11 heavy (non-hydrogen) atoms. The van der Waals surface area contributed by atoms with E-state index in [4.69, 9.17) is 0 Å². The van der Waals surface area contributed by atoms with Crippen LogP contribution in [0.15, 0.2) is 24.6 Å². The first-order valence-electron chi connectivity index (χ1n) is 4.02. The molecule has 64 valence electrons. The Morgan fingerprint density at radius 2 is 1.73 bits per heavy atom. The molecule has 0 aliphatic carbocycles. The van der Waals surface area contributed by atoms with Gasteiger partial charge in [0.25, 0.3) is 0 Å². The highest BCUT2D eigenvalue weighted by atomic mass is 14.9. The molecule has 0 fully saturated rings. The number of hydrogen-bond acceptors (Lipinski definition) is 1. The summed E-state index contributed by atoms with van der Waals surface area (Å²) in [4.78, 5) is 0. The van der Waals surface area contributed by atoms with Crippen molar-refractivity contribution >= 4 is 0 Å². The van der Waals surface area contributed by atoms with Crippen molar-refractivity contribution in [2.75, 3.05) is 0 Å². The zero-order valence-corrected chi connectivity index (χ0v) is 8.12. The third-order valence-corrected chi connectivity index (χ3v) is 1.66. The lowest BCUT2D eigenvalue weighted by Gasteiger charge is -2.23. The van der Waals surface area contributed by atoms with E-state index in [0.29, 0.717) is 0 Å². The third-order valence-electron chi connectivity index (χ3n) is 1.66. The van der Waals surface area contributed by atoms with E-state index in [9.17, 15) is 0 Å². The van der Waals surface area contributed by atoms with Crippen LogP contribution in [0.5, 0.6) is 0 Å². The second kappa shape index (κ2) is 3.61. The zero-order valence-electron chi connectivity index (χ0n) is 8.12. The maximum Gasteiger partial charge on any atom is 0.0130 e. The Morgan fingerprint density at radius 3 is 2.00 bits per heavy atom. The summed E-state index contributed by atoms with van der Waals surface area (Å²) in [5.74, 6) is 0. The predicted octanol–water partition coefficient (Wildman–Crippen LogP) is 3.06. The molecule has 1 N–H and O–H groups in total. The van der Waals surface area contributed by atoms with Gasteiger partial charge in [0, 0.05) is 16.8 Å². The summed E-state index contributed by atoms with van der Waals surface area (Å²) >= 11 is 0. The van der Waals surface area contributed by atoms with E-state index in [1.165, 1.54) is 0 Å². The normalized spacial score (nSPS) is 10.9. The quantitative estimate of drug-likeness (QED) is 0.657. The van der Waals surface area contributed by atoms with Crippen LogP contribution in [0.2, 0.25) is 0 Å². The Hall–Kier alpha value is -0.720. The molecule has 0 aromatic rings. The van der Waals surface area contributed by atoms with Gasteiger partial charge < -0.3 is 5.32 Å². The summed E-state index contributed by atoms with van der Waals surface area (Å²) in [5.41, 5.74) is 2.19. The predicted molar refractivity (Wildman–Crippen MR) is 51.2 cm³/mol. The minimum atomic E-state index is 0.123. The smallest absolute Gasteiger partial charge is 0.0130 e. The van der Waals surface area contributed by atoms with Crippen LogP contribution in [0.4, 0.5) is 0 Å². The van der Waals surface area contributed by atoms with Crippen molar-refractivity contribution in [1.82, 2.24) is 5.32 Å². The SMILES string of the molecule is C=C(CC)NC(=C)C(C)(C)C. The highest BCUT2D eigenvalue weighted by molar-refractivity contribution is 5.10. The summed E-state index contributed by atoms with van der Waals surface area (Å²) in [7, 11) is 0. The van der Waals surface area contributed by atoms with Gasteiger partial charge in [0.15, 0.2) is 0 Å². The molecule has 1 nitrogen and oxygen atoms in total. The van der Waals surface area contributed by atoms with Crippen LogP contribution >= 0.6 is 0 Å². The van der Waals surface area contributed by atoms with Gasteiger partial charge in [0.1, 0.15) is 0 Å². The highest BCUT2D eigenvalue weighted by Gasteiger charge is 2.14. The second-order valence-corrected chi connectivity index (χ2v) is 3.81. The molecular weight excluding hydrogens is 134 g/mol. The summed E-state index contributed by atoms with van der Waals surface area (Å²) in [6.07, 6.45) is 0.953. The van der Waals surface area contributed by atoms with E-state index in [-0.39, 0.29) is 5.41 Å². The van der Waals surface area contributed by atoms with E-state index < -0.39 is 0 Å². The molecule has 0 unspecified atom stereocenters. The fourth-order valence-corrected chi connectivity index (χ4v) is 0.489. The lowest BCUT2D eigenvalue weighted by Crippen LogP contribution is -2.22. The van der Waals surface area contributed by atoms with Crippen molar-refractivity contribution in [1.29, 1.82) is 0 Å². The molecule has 0 atom stereocenters. The van der Waals surface area contributed by atoms with Crippen LogP contribution in [-0.2, 0) is 0 Å². The Morgan fingerprint density at radius 1 is 1.27 bits per heavy atom. The van der Waals surface area contributed by atoms with Gasteiger partial charge in [-0.3, -0.25) is 0 Å². The van der Waals surface area contributed by atoms with E-state index in [1.807, 2.05) is 0 Å². The molecule has 0 aromatic carbocycles. The van der Waals surface area contributed by atoms with Crippen LogP contribution in [0.3, 0.4) is 0 Å². The fourth-order valence-electron chi connectivity index (χ4n) is 0.489. The summed E-state index contributed by atoms with van der Waals surface area (Å²) < 4.78 is 0. The van der Waals surface area contributed by atoms with Crippen molar-refractivity contribution in [3.05, 3.63) is 24.6 Å². The number of nitrogens with one attached hydrogen (secondary N) is 1. The molecule has 0 bridgehead atoms. The van der Waals surface area contributed by atoms with Crippen molar-refractivity contribution in [2.45, 2.75) is 34.1 Å². The van der Waals surface area contributed by atoms with Crippen LogP contribution in [0, 0.1) is 5.41 Å². The monoisotopic (exact) mass is 153 g/mol. The fraction of sp³-hybridized carbons (Fsp3) is 0.600. The van der Waals surface area contributed by atoms with Crippen LogP contribution < -0.4 is 5.32 Å². The van der Waals surface area contributed by atoms with Crippen molar-refractivity contribution < 1.29 is 0 Å². The lowest BCUT2D eigenvalue weighted by molar-refractivity contribution is 0.474. The highest BCUT2D eigenvalue weighted by Crippen LogP contribution is 2.21. The molecule has 0 saturated heterocycles. The zero-order chi connectivity index (χ0) is 9.07. The first-order chi connectivity index (χ1) is 4.88. The largest absolute Gasteiger partial charge is 0.363 e. The molecule has 0 radical (unpaired) electrons. The van der Waals surface area contributed by atoms with Crippen molar-refractivity contribution in [3.8, 4) is 0 Å². The maximum atomic E-state index is 3.94. The Bertz CT molecular complexity index is 160. The molecule has 0 rings (SSSR count). The first-order valence-corrected chi connectivity index (χ1v) is 4.02. The van der Waals surface area contributed by atoms with Crippen LogP contribution in [-0.4, -0.2) is 0 Å². The van der Waals surface area contributed by atoms with E-state index in [0.717, 1.165) is 17.8 Å². The van der Waals surface area contributed by atoms with Gasteiger partial charge in [-0.2, -0.15) is 0 Å². The van der Waals surface area contributed by atoms with E-state index in [1.54, 1.807) is 0 Å². The summed E-state index contributed by atoms with van der Waals surface area (Å²) in [6.45, 7) is 16.3. The van der Waals surface area contributed by atoms with E-state index in [2.05, 4.69) is 46.2 Å². The summed E-state index contributed by atoms with van der Waals surface area (Å²) in [6, 6.07) is 0. The molecule has 0 heterocycles. The molecular formula is C10H19N. The topological polar surface area (TPSA) is 12.0 Å². The standard InChI is InChI=1S/C10H19N/c1-7-8(2)11-9(3)10(4,5)6/h11H,2-3,7H2,1,4-6H3. The van der Waals surface area contributed by atoms with Gasteiger partial charge in [-0.1, -0.05) is 40.9 Å². The van der Waals surface area contributed by atoms with E-state index >= 15 is 0 Å². The maximum absolute atomic E-state index is 3.94. The number of allylic oxidation sites excluding steroid dienone is 2. The molecule has 0 aliphatic rings. The minimum Gasteiger partial charge on any atom is -0.363 e. The van der Waals surface area contributed by atoms with Gasteiger partial charge in [-0.25, -0.2) is 0 Å². The third kappa shape index (κ3) is 3.87. The van der Waals surface area contributed by atoms with Gasteiger partial charge in [0.05, 0.1) is 0 Å². The molecule has 0 amide bonds. The van der Waals surface area contributed by atoms with Gasteiger partial charge in [-0.15, -0.1) is 0 Å². The number of hydrogen-bond donors (Lipinski definition) is 1. The first kappa shape index (κ1) is 10.3. The van der Waals surface area contributed by atoms with Crippen molar-refractivity contribution in [3.63, 3.8) is 0 Å². The van der Waals surface area contributed by atoms with Crippen molar-refractivity contribution in [2.24, 2.45) is 5.41 Å². The average molecular weight is 153 g/mol. The van der Waals surface area contributed by atoms with Gasteiger partial charge in [0.2, 0.25) is 0 Å². The second-order valence-electron chi connectivity index (χ2n) is 3.81. The van der Waals surface area contributed by atoms with Gasteiger partial charge in [-0.05, 0) is 6.42 Å². The Balaban J connectivity index is 3.99. The number of rotatable bonds is 3. The van der Waals surface area contributed by atoms with Crippen LogP contribution in [0.25, 0.3) is 0 Å². The summed E-state index contributed by atoms with van der Waals surface area (Å²) in [5, 5.41) is 3.18. The van der Waals surface area contributed by atoms with Gasteiger partial charge >= 0.3 is 0 Å². The van der Waals surface area contributed by atoms with Crippen LogP contribution in [0.1, 0.15) is 34.1 Å². The minimum absolute atomic E-state index is 0.123. The average Bonchev–Trinajstić information content (AvgIpc) is 1.85. The Kier molecular flexibility index (Phi) is 3.37.